The minimum absolute atomic E-state index is 0.00176. The fourth-order valence-corrected chi connectivity index (χ4v) is 2.10. The molecule has 1 aliphatic heterocycles. The normalized spacial score (nSPS) is 22.3. The quantitative estimate of drug-likeness (QED) is 0.735. The Hall–Kier alpha value is -1.09. The molecule has 0 amide bonds. The molecule has 1 heterocycles. The zero-order chi connectivity index (χ0) is 10.3. The molecule has 1 N–H and O–H groups in total. The summed E-state index contributed by atoms with van der Waals surface area (Å²) < 4.78 is 13.4. The van der Waals surface area contributed by atoms with Gasteiger partial charge in [0.05, 0.1) is 12.1 Å². The molecule has 1 aliphatic rings. The maximum atomic E-state index is 13.4. The van der Waals surface area contributed by atoms with Crippen molar-refractivity contribution in [1.29, 1.82) is 0 Å². The van der Waals surface area contributed by atoms with Crippen LogP contribution in [-0.4, -0.2) is 24.3 Å². The van der Waals surface area contributed by atoms with E-state index in [0.717, 1.165) is 11.3 Å². The summed E-state index contributed by atoms with van der Waals surface area (Å²) in [6.45, 7) is 1.74. The van der Waals surface area contributed by atoms with E-state index in [4.69, 9.17) is 0 Å². The second kappa shape index (κ2) is 3.24. The van der Waals surface area contributed by atoms with Crippen LogP contribution in [0.2, 0.25) is 0 Å². The van der Waals surface area contributed by atoms with Crippen molar-refractivity contribution >= 4 is 5.69 Å². The van der Waals surface area contributed by atoms with Crippen LogP contribution in [0, 0.1) is 5.82 Å². The maximum Gasteiger partial charge on any atom is 0.128 e. The third-order valence-electron chi connectivity index (χ3n) is 2.94. The van der Waals surface area contributed by atoms with E-state index in [9.17, 15) is 9.50 Å². The molecule has 0 fully saturated rings. The molecular weight excluding hydrogens is 181 g/mol. The minimum Gasteiger partial charge on any atom is -0.391 e. The molecule has 0 saturated carbocycles. The lowest BCUT2D eigenvalue weighted by molar-refractivity contribution is 0.164. The van der Waals surface area contributed by atoms with E-state index in [1.165, 1.54) is 6.07 Å². The van der Waals surface area contributed by atoms with Gasteiger partial charge in [-0.15, -0.1) is 0 Å². The van der Waals surface area contributed by atoms with E-state index in [0.29, 0.717) is 6.42 Å². The highest BCUT2D eigenvalue weighted by Crippen LogP contribution is 2.33. The third kappa shape index (κ3) is 1.28. The van der Waals surface area contributed by atoms with Gasteiger partial charge in [0, 0.05) is 24.7 Å². The van der Waals surface area contributed by atoms with Crippen LogP contribution in [0.25, 0.3) is 0 Å². The fraction of sp³-hybridized carbons (Fsp3) is 0.455. The molecule has 0 spiro atoms. The van der Waals surface area contributed by atoms with Crippen LogP contribution in [-0.2, 0) is 6.42 Å². The molecule has 3 heteroatoms. The SMILES string of the molecule is CC(O)C1Cc2c(F)cccc2N1C. The number of fused-ring (bicyclic) bond motifs is 1. The molecule has 2 unspecified atom stereocenters. The largest absolute Gasteiger partial charge is 0.391 e. The third-order valence-corrected chi connectivity index (χ3v) is 2.94. The van der Waals surface area contributed by atoms with Crippen molar-refractivity contribution in [2.24, 2.45) is 0 Å². The van der Waals surface area contributed by atoms with Crippen molar-refractivity contribution in [3.63, 3.8) is 0 Å². The number of anilines is 1. The second-order valence-corrected chi connectivity index (χ2v) is 3.86. The molecule has 0 saturated heterocycles. The predicted molar refractivity (Wildman–Crippen MR) is 54.0 cm³/mol. The number of aliphatic hydroxyl groups excluding tert-OH is 1. The Bertz CT molecular complexity index is 351. The van der Waals surface area contributed by atoms with E-state index in [1.54, 1.807) is 13.0 Å². The highest BCUT2D eigenvalue weighted by Gasteiger charge is 2.31. The van der Waals surface area contributed by atoms with Gasteiger partial charge in [0.2, 0.25) is 0 Å². The van der Waals surface area contributed by atoms with Crippen molar-refractivity contribution < 1.29 is 9.50 Å². The highest BCUT2D eigenvalue weighted by molar-refractivity contribution is 5.59. The standard InChI is InChI=1S/C11H14FNO/c1-7(14)11-6-8-9(12)4-3-5-10(8)13(11)2/h3-5,7,11,14H,6H2,1-2H3. The molecule has 0 radical (unpaired) electrons. The smallest absolute Gasteiger partial charge is 0.128 e. The van der Waals surface area contributed by atoms with E-state index < -0.39 is 6.10 Å². The van der Waals surface area contributed by atoms with Crippen LogP contribution in [0.4, 0.5) is 10.1 Å². The van der Waals surface area contributed by atoms with E-state index >= 15 is 0 Å². The van der Waals surface area contributed by atoms with Crippen LogP contribution < -0.4 is 4.90 Å². The first-order chi connectivity index (χ1) is 6.61. The Morgan fingerprint density at radius 3 is 2.86 bits per heavy atom. The molecule has 1 aromatic rings. The van der Waals surface area contributed by atoms with Gasteiger partial charge in [-0.2, -0.15) is 0 Å². The van der Waals surface area contributed by atoms with Gasteiger partial charge in [-0.1, -0.05) is 6.07 Å². The van der Waals surface area contributed by atoms with Crippen molar-refractivity contribution in [2.75, 3.05) is 11.9 Å². The number of benzene rings is 1. The molecule has 14 heavy (non-hydrogen) atoms. The van der Waals surface area contributed by atoms with Crippen molar-refractivity contribution in [2.45, 2.75) is 25.5 Å². The van der Waals surface area contributed by atoms with Gasteiger partial charge in [0.15, 0.2) is 0 Å². The average molecular weight is 195 g/mol. The second-order valence-electron chi connectivity index (χ2n) is 3.86. The lowest BCUT2D eigenvalue weighted by Gasteiger charge is -2.24. The van der Waals surface area contributed by atoms with Crippen LogP contribution in [0.3, 0.4) is 0 Å². The van der Waals surface area contributed by atoms with Crippen LogP contribution in [0.15, 0.2) is 18.2 Å². The molecule has 0 aromatic heterocycles. The van der Waals surface area contributed by atoms with Gasteiger partial charge in [-0.25, -0.2) is 4.39 Å². The van der Waals surface area contributed by atoms with Gasteiger partial charge in [0.1, 0.15) is 5.82 Å². The van der Waals surface area contributed by atoms with E-state index in [-0.39, 0.29) is 11.9 Å². The van der Waals surface area contributed by atoms with Gasteiger partial charge in [-0.05, 0) is 19.1 Å². The first kappa shape index (κ1) is 9.46. The lowest BCUT2D eigenvalue weighted by atomic mass is 10.1. The summed E-state index contributed by atoms with van der Waals surface area (Å²) in [4.78, 5) is 1.95. The topological polar surface area (TPSA) is 23.5 Å². The zero-order valence-electron chi connectivity index (χ0n) is 8.37. The predicted octanol–water partition coefficient (Wildman–Crippen LogP) is 1.57. The number of likely N-dealkylation sites (N-methyl/N-ethyl adjacent to an activating group) is 1. The number of hydrogen-bond acceptors (Lipinski definition) is 2. The number of hydrogen-bond donors (Lipinski definition) is 1. The van der Waals surface area contributed by atoms with Gasteiger partial charge >= 0.3 is 0 Å². The van der Waals surface area contributed by atoms with E-state index in [1.807, 2.05) is 18.0 Å². The zero-order valence-corrected chi connectivity index (χ0v) is 8.37. The molecule has 2 rings (SSSR count). The minimum atomic E-state index is -0.438. The van der Waals surface area contributed by atoms with Crippen LogP contribution in [0.1, 0.15) is 12.5 Å². The maximum absolute atomic E-state index is 13.4. The van der Waals surface area contributed by atoms with Crippen LogP contribution >= 0.6 is 0 Å². The fourth-order valence-electron chi connectivity index (χ4n) is 2.10. The van der Waals surface area contributed by atoms with E-state index in [2.05, 4.69) is 0 Å². The first-order valence-corrected chi connectivity index (χ1v) is 4.79. The summed E-state index contributed by atoms with van der Waals surface area (Å²) in [6, 6.07) is 5.06. The van der Waals surface area contributed by atoms with Crippen LogP contribution in [0.5, 0.6) is 0 Å². The summed E-state index contributed by atoms with van der Waals surface area (Å²) >= 11 is 0. The van der Waals surface area contributed by atoms with Gasteiger partial charge in [-0.3, -0.25) is 0 Å². The number of rotatable bonds is 1. The summed E-state index contributed by atoms with van der Waals surface area (Å²) in [5.41, 5.74) is 1.62. The lowest BCUT2D eigenvalue weighted by Crippen LogP contribution is -2.37. The molecule has 0 bridgehead atoms. The highest BCUT2D eigenvalue weighted by atomic mass is 19.1. The number of halogens is 1. The molecule has 0 aliphatic carbocycles. The van der Waals surface area contributed by atoms with Crippen molar-refractivity contribution in [3.05, 3.63) is 29.6 Å². The summed E-state index contributed by atoms with van der Waals surface area (Å²) in [5.74, 6) is -0.169. The Morgan fingerprint density at radius 2 is 2.29 bits per heavy atom. The average Bonchev–Trinajstić information content (AvgIpc) is 2.46. The Morgan fingerprint density at radius 1 is 1.57 bits per heavy atom. The van der Waals surface area contributed by atoms with Gasteiger partial charge in [0.25, 0.3) is 0 Å². The Balaban J connectivity index is 2.40. The summed E-state index contributed by atoms with van der Waals surface area (Å²) in [5, 5.41) is 9.52. The number of nitrogens with zero attached hydrogens (tertiary/aromatic N) is 1. The molecule has 1 aromatic carbocycles. The summed E-state index contributed by atoms with van der Waals surface area (Å²) in [7, 11) is 1.89. The Kier molecular flexibility index (Phi) is 2.19. The molecule has 76 valence electrons. The molecule has 2 nitrogen and oxygen atoms in total. The van der Waals surface area contributed by atoms with Crippen molar-refractivity contribution in [1.82, 2.24) is 0 Å². The molecular formula is C11H14FNO. The monoisotopic (exact) mass is 195 g/mol. The number of aliphatic hydroxyl groups is 1. The van der Waals surface area contributed by atoms with Gasteiger partial charge < -0.3 is 10.0 Å². The molecule has 2 atom stereocenters. The van der Waals surface area contributed by atoms with Crippen molar-refractivity contribution in [3.8, 4) is 0 Å². The summed E-state index contributed by atoms with van der Waals surface area (Å²) in [6.07, 6.45) is 0.155. The first-order valence-electron chi connectivity index (χ1n) is 4.79. The Labute approximate surface area is 83.0 Å².